The molecular formula is C20H20NO4+. The molecule has 1 aromatic carbocycles. The Balaban J connectivity index is 1.65. The summed E-state index contributed by atoms with van der Waals surface area (Å²) in [6.45, 7) is 1.30. The summed E-state index contributed by atoms with van der Waals surface area (Å²) >= 11 is 0. The third kappa shape index (κ3) is 2.11. The lowest BCUT2D eigenvalue weighted by molar-refractivity contribution is -0.707. The van der Waals surface area contributed by atoms with Gasteiger partial charge in [-0.05, 0) is 29.2 Å². The lowest BCUT2D eigenvalue weighted by Gasteiger charge is -2.26. The number of aromatic nitrogens is 1. The van der Waals surface area contributed by atoms with Crippen molar-refractivity contribution in [1.82, 2.24) is 0 Å². The van der Waals surface area contributed by atoms with Crippen molar-refractivity contribution in [3.63, 3.8) is 0 Å². The van der Waals surface area contributed by atoms with Crippen LogP contribution in [0.1, 0.15) is 24.5 Å². The van der Waals surface area contributed by atoms with E-state index in [0.717, 1.165) is 53.2 Å². The second-order valence-electron chi connectivity index (χ2n) is 6.62. The number of hydrogen-bond donors (Lipinski definition) is 0. The molecule has 3 aliphatic rings. The predicted octanol–water partition coefficient (Wildman–Crippen LogP) is 3.18. The van der Waals surface area contributed by atoms with Crippen molar-refractivity contribution < 1.29 is 23.5 Å². The molecule has 0 bridgehead atoms. The minimum atomic E-state index is 0.343. The first-order valence-electron chi connectivity index (χ1n) is 8.56. The third-order valence-corrected chi connectivity index (χ3v) is 5.41. The molecule has 1 aromatic heterocycles. The highest BCUT2D eigenvalue weighted by Gasteiger charge is 2.38. The molecular weight excluding hydrogens is 318 g/mol. The zero-order valence-corrected chi connectivity index (χ0v) is 14.4. The van der Waals surface area contributed by atoms with Crippen LogP contribution >= 0.6 is 0 Å². The summed E-state index contributed by atoms with van der Waals surface area (Å²) in [5.74, 6) is 3.81. The number of benzene rings is 1. The fraction of sp³-hybridized carbons (Fsp3) is 0.350. The normalized spacial score (nSPS) is 20.9. The smallest absolute Gasteiger partial charge is 0.230 e. The van der Waals surface area contributed by atoms with Gasteiger partial charge in [-0.3, -0.25) is 0 Å². The van der Waals surface area contributed by atoms with Crippen molar-refractivity contribution in [3.05, 3.63) is 53.3 Å². The number of pyridine rings is 1. The molecule has 0 N–H and O–H groups in total. The highest BCUT2D eigenvalue weighted by Crippen LogP contribution is 2.43. The summed E-state index contributed by atoms with van der Waals surface area (Å²) in [5, 5.41) is 2.24. The van der Waals surface area contributed by atoms with E-state index < -0.39 is 0 Å². The molecule has 0 spiro atoms. The van der Waals surface area contributed by atoms with Crippen LogP contribution in [-0.2, 0) is 16.0 Å². The molecule has 0 radical (unpaired) electrons. The van der Waals surface area contributed by atoms with Gasteiger partial charge in [-0.25, -0.2) is 4.57 Å². The van der Waals surface area contributed by atoms with E-state index in [-0.39, 0.29) is 0 Å². The van der Waals surface area contributed by atoms with Crippen molar-refractivity contribution in [2.45, 2.75) is 25.3 Å². The van der Waals surface area contributed by atoms with Crippen LogP contribution in [-0.4, -0.2) is 21.0 Å². The van der Waals surface area contributed by atoms with E-state index in [0.29, 0.717) is 12.7 Å². The van der Waals surface area contributed by atoms with Gasteiger partial charge in [0, 0.05) is 18.9 Å². The highest BCUT2D eigenvalue weighted by atomic mass is 16.7. The summed E-state index contributed by atoms with van der Waals surface area (Å²) in [4.78, 5) is 0. The Morgan fingerprint density at radius 3 is 2.92 bits per heavy atom. The standard InChI is InChI=1S/C20H20NO4/c1-22-17-4-3-12-7-16-14-9-19-18(24-11-25-19)8-13(14)5-6-21(16)10-15(12)20(17)23-2/h3-4,7-8,10,14H,5-6,9,11H2,1-2H3/q+1. The Kier molecular flexibility index (Phi) is 3.17. The maximum Gasteiger partial charge on any atom is 0.230 e. The van der Waals surface area contributed by atoms with E-state index in [1.165, 1.54) is 11.3 Å². The van der Waals surface area contributed by atoms with Crippen LogP contribution in [0.5, 0.6) is 11.5 Å². The summed E-state index contributed by atoms with van der Waals surface area (Å²) in [5.41, 5.74) is 2.75. The Bertz CT molecular complexity index is 944. The molecule has 0 amide bonds. The Morgan fingerprint density at radius 2 is 2.08 bits per heavy atom. The fourth-order valence-electron chi connectivity index (χ4n) is 4.17. The van der Waals surface area contributed by atoms with Gasteiger partial charge in [0.05, 0.1) is 25.5 Å². The first-order chi connectivity index (χ1) is 12.3. The number of fused-ring (bicyclic) bond motifs is 4. The highest BCUT2D eigenvalue weighted by molar-refractivity contribution is 5.89. The van der Waals surface area contributed by atoms with Crippen molar-refractivity contribution in [2.75, 3.05) is 21.0 Å². The van der Waals surface area contributed by atoms with Gasteiger partial charge < -0.3 is 18.9 Å². The second-order valence-corrected chi connectivity index (χ2v) is 6.62. The molecule has 1 unspecified atom stereocenters. The van der Waals surface area contributed by atoms with E-state index in [1.54, 1.807) is 14.2 Å². The lowest BCUT2D eigenvalue weighted by Crippen LogP contribution is -2.44. The fourth-order valence-corrected chi connectivity index (χ4v) is 4.17. The maximum absolute atomic E-state index is 5.64. The first-order valence-corrected chi connectivity index (χ1v) is 8.56. The van der Waals surface area contributed by atoms with Crippen LogP contribution < -0.4 is 14.0 Å². The topological polar surface area (TPSA) is 40.8 Å². The minimum Gasteiger partial charge on any atom is -0.493 e. The number of aryl methyl sites for hydroxylation is 1. The van der Waals surface area contributed by atoms with Gasteiger partial charge in [-0.2, -0.15) is 0 Å². The molecule has 5 heteroatoms. The van der Waals surface area contributed by atoms with E-state index >= 15 is 0 Å². The number of ether oxygens (including phenoxy) is 4. The van der Waals surface area contributed by atoms with Crippen LogP contribution in [0, 0.1) is 0 Å². The minimum absolute atomic E-state index is 0.343. The SMILES string of the molecule is COc1ccc2cc3[n+](cc2c1OC)CCC1=CC2=C(CC13)OCO2. The molecule has 25 heavy (non-hydrogen) atoms. The Morgan fingerprint density at radius 1 is 1.16 bits per heavy atom. The molecule has 0 saturated carbocycles. The summed E-state index contributed by atoms with van der Waals surface area (Å²) in [7, 11) is 3.36. The molecule has 1 atom stereocenters. The number of methoxy groups -OCH3 is 2. The molecule has 5 nitrogen and oxygen atoms in total. The Hall–Kier alpha value is -2.69. The molecule has 5 rings (SSSR count). The van der Waals surface area contributed by atoms with Gasteiger partial charge in [-0.15, -0.1) is 0 Å². The van der Waals surface area contributed by atoms with Crippen molar-refractivity contribution in [2.24, 2.45) is 0 Å². The summed E-state index contributed by atoms with van der Waals surface area (Å²) in [6.07, 6.45) is 6.28. The molecule has 1 aliphatic carbocycles. The number of allylic oxidation sites excluding steroid dienone is 3. The first kappa shape index (κ1) is 14.6. The zero-order valence-electron chi connectivity index (χ0n) is 14.4. The predicted molar refractivity (Wildman–Crippen MR) is 91.4 cm³/mol. The van der Waals surface area contributed by atoms with Crippen LogP contribution in [0.25, 0.3) is 10.8 Å². The van der Waals surface area contributed by atoms with E-state index in [1.807, 2.05) is 6.07 Å². The molecule has 2 aromatic rings. The van der Waals surface area contributed by atoms with Crippen LogP contribution in [0.2, 0.25) is 0 Å². The number of rotatable bonds is 2. The van der Waals surface area contributed by atoms with Gasteiger partial charge in [-0.1, -0.05) is 0 Å². The molecule has 0 fully saturated rings. The van der Waals surface area contributed by atoms with Crippen molar-refractivity contribution >= 4 is 10.8 Å². The number of nitrogens with zero attached hydrogens (tertiary/aromatic N) is 1. The molecule has 3 heterocycles. The van der Waals surface area contributed by atoms with Gasteiger partial charge in [0.25, 0.3) is 0 Å². The largest absolute Gasteiger partial charge is 0.493 e. The van der Waals surface area contributed by atoms with Gasteiger partial charge in [0.1, 0.15) is 5.76 Å². The Labute approximate surface area is 146 Å². The quantitative estimate of drug-likeness (QED) is 0.789. The molecule has 128 valence electrons. The van der Waals surface area contributed by atoms with Crippen LogP contribution in [0.3, 0.4) is 0 Å². The van der Waals surface area contributed by atoms with Crippen molar-refractivity contribution in [1.29, 1.82) is 0 Å². The maximum atomic E-state index is 5.64. The van der Waals surface area contributed by atoms with Crippen LogP contribution in [0.4, 0.5) is 0 Å². The van der Waals surface area contributed by atoms with E-state index in [4.69, 9.17) is 18.9 Å². The van der Waals surface area contributed by atoms with Gasteiger partial charge in [0.2, 0.25) is 6.79 Å². The zero-order chi connectivity index (χ0) is 17.0. The van der Waals surface area contributed by atoms with Gasteiger partial charge in [0.15, 0.2) is 35.7 Å². The monoisotopic (exact) mass is 338 g/mol. The van der Waals surface area contributed by atoms with E-state index in [9.17, 15) is 0 Å². The van der Waals surface area contributed by atoms with Crippen LogP contribution in [0.15, 0.2) is 47.6 Å². The average Bonchev–Trinajstić information content (AvgIpc) is 3.11. The summed E-state index contributed by atoms with van der Waals surface area (Å²) in [6, 6.07) is 6.34. The lowest BCUT2D eigenvalue weighted by atomic mass is 9.82. The third-order valence-electron chi connectivity index (χ3n) is 5.41. The average molecular weight is 338 g/mol. The second kappa shape index (κ2) is 5.41. The van der Waals surface area contributed by atoms with E-state index in [2.05, 4.69) is 29.0 Å². The number of hydrogen-bond acceptors (Lipinski definition) is 4. The molecule has 0 saturated heterocycles. The van der Waals surface area contributed by atoms with Gasteiger partial charge >= 0.3 is 0 Å². The van der Waals surface area contributed by atoms with Crippen molar-refractivity contribution in [3.8, 4) is 11.5 Å². The molecule has 2 aliphatic heterocycles. The summed E-state index contributed by atoms with van der Waals surface area (Å²) < 4.78 is 24.6.